The summed E-state index contributed by atoms with van der Waals surface area (Å²) in [6.07, 6.45) is 4.60. The molecule has 0 aliphatic rings. The van der Waals surface area contributed by atoms with Gasteiger partial charge < -0.3 is 4.98 Å². The lowest BCUT2D eigenvalue weighted by molar-refractivity contribution is 0.880. The van der Waals surface area contributed by atoms with E-state index in [2.05, 4.69) is 65.5 Å². The fourth-order valence-corrected chi connectivity index (χ4v) is 3.71. The van der Waals surface area contributed by atoms with Crippen LogP contribution in [0.2, 0.25) is 0 Å². The number of hydrogen-bond acceptors (Lipinski definition) is 3. The van der Waals surface area contributed by atoms with E-state index in [1.54, 1.807) is 18.0 Å². The van der Waals surface area contributed by atoms with Crippen molar-refractivity contribution < 1.29 is 0 Å². The first-order valence-electron chi connectivity index (χ1n) is 8.59. The van der Waals surface area contributed by atoms with Crippen molar-refractivity contribution in [3.63, 3.8) is 0 Å². The van der Waals surface area contributed by atoms with Crippen LogP contribution in [-0.2, 0) is 12.2 Å². The molecule has 2 aromatic heterocycles. The van der Waals surface area contributed by atoms with E-state index in [9.17, 15) is 0 Å². The minimum Gasteiger partial charge on any atom is -0.337 e. The fraction of sp³-hybridized carbons (Fsp3) is 0.143. The third-order valence-corrected chi connectivity index (χ3v) is 5.20. The van der Waals surface area contributed by atoms with Gasteiger partial charge in [0.25, 0.3) is 0 Å². The Balaban J connectivity index is 1.39. The molecule has 2 aromatic carbocycles. The molecule has 5 heteroatoms. The molecule has 130 valence electrons. The predicted molar refractivity (Wildman–Crippen MR) is 106 cm³/mol. The Morgan fingerprint density at radius 1 is 0.962 bits per heavy atom. The molecule has 0 amide bonds. The largest absolute Gasteiger partial charge is 0.337 e. The molecule has 2 heterocycles. The van der Waals surface area contributed by atoms with Gasteiger partial charge in [0.2, 0.25) is 0 Å². The molecule has 0 saturated heterocycles. The van der Waals surface area contributed by atoms with Gasteiger partial charge in [-0.25, -0.2) is 9.67 Å². The lowest BCUT2D eigenvalue weighted by atomic mass is 10.1. The number of thioether (sulfide) groups is 1. The van der Waals surface area contributed by atoms with Crippen LogP contribution in [0, 0.1) is 6.92 Å². The van der Waals surface area contributed by atoms with Gasteiger partial charge in [0.1, 0.15) is 0 Å². The fourth-order valence-electron chi connectivity index (χ4n) is 2.81. The average Bonchev–Trinajstić information content (AvgIpc) is 3.32. The van der Waals surface area contributed by atoms with Crippen LogP contribution < -0.4 is 0 Å². The number of aromatic amines is 1. The van der Waals surface area contributed by atoms with E-state index < -0.39 is 0 Å². The van der Waals surface area contributed by atoms with Crippen molar-refractivity contribution in [2.75, 3.05) is 0 Å². The summed E-state index contributed by atoms with van der Waals surface area (Å²) in [6.45, 7) is 2.09. The molecule has 0 saturated carbocycles. The van der Waals surface area contributed by atoms with E-state index in [4.69, 9.17) is 4.98 Å². The van der Waals surface area contributed by atoms with E-state index in [-0.39, 0.29) is 0 Å². The van der Waals surface area contributed by atoms with E-state index in [1.807, 2.05) is 23.0 Å². The number of hydrogen-bond donors (Lipinski definition) is 1. The summed E-state index contributed by atoms with van der Waals surface area (Å²) >= 11 is 1.73. The minimum absolute atomic E-state index is 0.863. The van der Waals surface area contributed by atoms with E-state index in [0.717, 1.165) is 34.4 Å². The monoisotopic (exact) mass is 360 g/mol. The maximum atomic E-state index is 4.77. The van der Waals surface area contributed by atoms with Crippen LogP contribution in [0.1, 0.15) is 22.5 Å². The molecule has 0 spiro atoms. The van der Waals surface area contributed by atoms with Gasteiger partial charge in [-0.1, -0.05) is 54.2 Å². The normalized spacial score (nSPS) is 11.0. The van der Waals surface area contributed by atoms with E-state index in [1.165, 1.54) is 11.1 Å². The van der Waals surface area contributed by atoms with Crippen molar-refractivity contribution in [2.24, 2.45) is 0 Å². The third kappa shape index (κ3) is 3.89. The number of benzene rings is 2. The summed E-state index contributed by atoms with van der Waals surface area (Å²) in [5.74, 6) is 0.886. The molecular weight excluding hydrogens is 340 g/mol. The topological polar surface area (TPSA) is 46.5 Å². The molecule has 4 aromatic rings. The minimum atomic E-state index is 0.863. The highest BCUT2D eigenvalue weighted by Crippen LogP contribution is 2.23. The highest BCUT2D eigenvalue weighted by atomic mass is 32.2. The van der Waals surface area contributed by atoms with Crippen molar-refractivity contribution in [3.05, 3.63) is 95.6 Å². The van der Waals surface area contributed by atoms with Crippen LogP contribution in [0.25, 0.3) is 5.69 Å². The second kappa shape index (κ2) is 7.62. The first kappa shape index (κ1) is 16.7. The van der Waals surface area contributed by atoms with Gasteiger partial charge in [-0.15, -0.1) is 0 Å². The smallest absolute Gasteiger partial charge is 0.166 e. The number of imidazole rings is 1. The van der Waals surface area contributed by atoms with Gasteiger partial charge in [0.05, 0.1) is 11.4 Å². The Morgan fingerprint density at radius 3 is 2.50 bits per heavy atom. The molecule has 1 N–H and O–H groups in total. The maximum Gasteiger partial charge on any atom is 0.166 e. The van der Waals surface area contributed by atoms with Crippen LogP contribution >= 0.6 is 11.8 Å². The van der Waals surface area contributed by atoms with Gasteiger partial charge >= 0.3 is 0 Å². The number of rotatable bonds is 6. The number of nitrogens with one attached hydrogen (secondary N) is 1. The van der Waals surface area contributed by atoms with Crippen LogP contribution in [0.4, 0.5) is 0 Å². The molecule has 0 aliphatic carbocycles. The lowest BCUT2D eigenvalue weighted by Gasteiger charge is -2.03. The second-order valence-corrected chi connectivity index (χ2v) is 7.15. The molecule has 0 bridgehead atoms. The van der Waals surface area contributed by atoms with Crippen LogP contribution in [0.3, 0.4) is 0 Å². The standard InChI is InChI=1S/C21H20N4S/c1-16-20(14-17-6-3-2-4-7-17)24-21(23-16)26-15-18-8-10-19(11-9-18)25-13-5-12-22-25/h2-13H,14-15H2,1H3,(H,23,24). The van der Waals surface area contributed by atoms with Crippen LogP contribution in [0.15, 0.2) is 78.2 Å². The summed E-state index contributed by atoms with van der Waals surface area (Å²) in [7, 11) is 0. The zero-order chi connectivity index (χ0) is 17.8. The number of H-pyrrole nitrogens is 1. The molecule has 4 nitrogen and oxygen atoms in total. The van der Waals surface area contributed by atoms with Crippen molar-refractivity contribution in [1.82, 2.24) is 19.7 Å². The van der Waals surface area contributed by atoms with Crippen molar-refractivity contribution >= 4 is 11.8 Å². The Kier molecular flexibility index (Phi) is 4.88. The highest BCUT2D eigenvalue weighted by molar-refractivity contribution is 7.98. The molecule has 0 atom stereocenters. The Morgan fingerprint density at radius 2 is 1.77 bits per heavy atom. The molecule has 0 unspecified atom stereocenters. The summed E-state index contributed by atoms with van der Waals surface area (Å²) in [4.78, 5) is 8.18. The molecule has 0 fully saturated rings. The number of nitrogens with zero attached hydrogens (tertiary/aromatic N) is 3. The quantitative estimate of drug-likeness (QED) is 0.503. The van der Waals surface area contributed by atoms with Gasteiger partial charge in [-0.3, -0.25) is 0 Å². The molecule has 0 radical (unpaired) electrons. The lowest BCUT2D eigenvalue weighted by Crippen LogP contribution is -1.94. The first-order chi connectivity index (χ1) is 12.8. The zero-order valence-corrected chi connectivity index (χ0v) is 15.4. The van der Waals surface area contributed by atoms with E-state index >= 15 is 0 Å². The van der Waals surface area contributed by atoms with Gasteiger partial charge in [0, 0.05) is 30.3 Å². The third-order valence-electron chi connectivity index (χ3n) is 4.26. The van der Waals surface area contributed by atoms with Crippen molar-refractivity contribution in [1.29, 1.82) is 0 Å². The van der Waals surface area contributed by atoms with Crippen molar-refractivity contribution in [2.45, 2.75) is 24.3 Å². The number of aromatic nitrogens is 4. The Hall–Kier alpha value is -2.79. The van der Waals surface area contributed by atoms with Gasteiger partial charge in [-0.05, 0) is 36.2 Å². The molecular formula is C21H20N4S. The Labute approximate surface area is 157 Å². The van der Waals surface area contributed by atoms with Gasteiger partial charge in [0.15, 0.2) is 5.16 Å². The highest BCUT2D eigenvalue weighted by Gasteiger charge is 2.08. The van der Waals surface area contributed by atoms with E-state index in [0.29, 0.717) is 0 Å². The number of aryl methyl sites for hydroxylation is 1. The summed E-state index contributed by atoms with van der Waals surface area (Å²) in [5.41, 5.74) is 5.89. The summed E-state index contributed by atoms with van der Waals surface area (Å²) < 4.78 is 1.86. The zero-order valence-electron chi connectivity index (χ0n) is 14.6. The van der Waals surface area contributed by atoms with Crippen molar-refractivity contribution in [3.8, 4) is 5.69 Å². The Bertz CT molecular complexity index is 957. The van der Waals surface area contributed by atoms with Gasteiger partial charge in [-0.2, -0.15) is 5.10 Å². The molecule has 26 heavy (non-hydrogen) atoms. The van der Waals surface area contributed by atoms with Crippen LogP contribution in [0.5, 0.6) is 0 Å². The molecule has 0 aliphatic heterocycles. The first-order valence-corrected chi connectivity index (χ1v) is 9.57. The molecule has 4 rings (SSSR count). The van der Waals surface area contributed by atoms with Crippen LogP contribution in [-0.4, -0.2) is 19.7 Å². The SMILES string of the molecule is Cc1[nH]c(SCc2ccc(-n3cccn3)cc2)nc1Cc1ccccc1. The summed E-state index contributed by atoms with van der Waals surface area (Å²) in [5, 5.41) is 5.23. The predicted octanol–water partition coefficient (Wildman–Crippen LogP) is 4.79. The second-order valence-electron chi connectivity index (χ2n) is 6.18. The maximum absolute atomic E-state index is 4.77. The average molecular weight is 360 g/mol. The summed E-state index contributed by atoms with van der Waals surface area (Å²) in [6, 6.07) is 20.9.